The van der Waals surface area contributed by atoms with Crippen molar-refractivity contribution in [1.29, 1.82) is 5.26 Å². The Labute approximate surface area is 157 Å². The number of benzene rings is 1. The number of hydrogen-bond donors (Lipinski definition) is 0. The maximum Gasteiger partial charge on any atom is 0.243 e. The third-order valence-electron chi connectivity index (χ3n) is 4.70. The van der Waals surface area contributed by atoms with Gasteiger partial charge in [0.1, 0.15) is 11.9 Å². The first-order valence-corrected chi connectivity index (χ1v) is 9.97. The van der Waals surface area contributed by atoms with Crippen LogP contribution in [-0.2, 0) is 10.0 Å². The number of sulfonamides is 1. The zero-order valence-corrected chi connectivity index (χ0v) is 15.3. The zero-order valence-electron chi connectivity index (χ0n) is 14.5. The summed E-state index contributed by atoms with van der Waals surface area (Å²) in [5.41, 5.74) is 0.505. The third-order valence-corrected chi connectivity index (χ3v) is 6.65. The minimum Gasteiger partial charge on any atom is -0.354 e. The normalized spacial score (nSPS) is 15.6. The molecule has 3 heterocycles. The molecule has 1 aromatic carbocycles. The fraction of sp³-hybridized carbons (Fsp3) is 0.211. The van der Waals surface area contributed by atoms with Gasteiger partial charge in [0, 0.05) is 55.5 Å². The summed E-state index contributed by atoms with van der Waals surface area (Å²) in [6.45, 7) is 1.85. The molecule has 0 radical (unpaired) electrons. The van der Waals surface area contributed by atoms with Gasteiger partial charge >= 0.3 is 0 Å². The van der Waals surface area contributed by atoms with Crippen molar-refractivity contribution in [3.8, 4) is 6.07 Å². The van der Waals surface area contributed by atoms with Crippen LogP contribution < -0.4 is 4.90 Å². The molecule has 0 unspecified atom stereocenters. The molecule has 0 N–H and O–H groups in total. The van der Waals surface area contributed by atoms with Gasteiger partial charge in [-0.05, 0) is 24.3 Å². The smallest absolute Gasteiger partial charge is 0.243 e. The lowest BCUT2D eigenvalue weighted by atomic mass is 10.2. The molecular weight excluding hydrogens is 362 g/mol. The maximum atomic E-state index is 13.2. The molecule has 0 spiro atoms. The fourth-order valence-electron chi connectivity index (χ4n) is 3.25. The average Bonchev–Trinajstić information content (AvgIpc) is 2.73. The molecule has 4 rings (SSSR count). The Morgan fingerprint density at radius 1 is 1.00 bits per heavy atom. The Morgan fingerprint density at radius 3 is 2.52 bits per heavy atom. The second-order valence-corrected chi connectivity index (χ2v) is 8.17. The molecule has 136 valence electrons. The van der Waals surface area contributed by atoms with Crippen molar-refractivity contribution in [3.63, 3.8) is 0 Å². The van der Waals surface area contributed by atoms with E-state index in [1.807, 2.05) is 17.0 Å². The van der Waals surface area contributed by atoms with Crippen molar-refractivity contribution >= 4 is 26.6 Å². The Balaban J connectivity index is 1.55. The number of anilines is 1. The first kappa shape index (κ1) is 17.4. The molecule has 1 fully saturated rings. The molecule has 0 aliphatic carbocycles. The molecule has 0 amide bonds. The molecule has 1 aliphatic rings. The highest BCUT2D eigenvalue weighted by molar-refractivity contribution is 7.89. The van der Waals surface area contributed by atoms with Gasteiger partial charge in [-0.2, -0.15) is 9.57 Å². The lowest BCUT2D eigenvalue weighted by Crippen LogP contribution is -2.48. The summed E-state index contributed by atoms with van der Waals surface area (Å²) in [7, 11) is -3.59. The van der Waals surface area contributed by atoms with Gasteiger partial charge in [-0.15, -0.1) is 0 Å². The largest absolute Gasteiger partial charge is 0.354 e. The topological polar surface area (TPSA) is 90.2 Å². The lowest BCUT2D eigenvalue weighted by Gasteiger charge is -2.34. The highest BCUT2D eigenvalue weighted by Gasteiger charge is 2.30. The van der Waals surface area contributed by atoms with Crippen molar-refractivity contribution in [2.75, 3.05) is 31.1 Å². The molecule has 0 saturated carbocycles. The van der Waals surface area contributed by atoms with Crippen LogP contribution in [-0.4, -0.2) is 48.9 Å². The molecular formula is C19H17N5O2S. The van der Waals surface area contributed by atoms with Gasteiger partial charge in [0.25, 0.3) is 0 Å². The molecule has 1 aliphatic heterocycles. The van der Waals surface area contributed by atoms with Crippen molar-refractivity contribution in [3.05, 3.63) is 60.6 Å². The number of nitrogens with zero attached hydrogens (tertiary/aromatic N) is 5. The average molecular weight is 379 g/mol. The van der Waals surface area contributed by atoms with E-state index in [2.05, 4.69) is 9.97 Å². The Kier molecular flexibility index (Phi) is 4.48. The van der Waals surface area contributed by atoms with Crippen molar-refractivity contribution in [1.82, 2.24) is 14.3 Å². The van der Waals surface area contributed by atoms with Crippen LogP contribution in [0.1, 0.15) is 5.56 Å². The molecule has 7 nitrogen and oxygen atoms in total. The van der Waals surface area contributed by atoms with Crippen LogP contribution in [0.4, 0.5) is 5.82 Å². The van der Waals surface area contributed by atoms with Gasteiger partial charge in [-0.1, -0.05) is 12.1 Å². The molecule has 1 saturated heterocycles. The van der Waals surface area contributed by atoms with E-state index in [0.717, 1.165) is 11.2 Å². The highest BCUT2D eigenvalue weighted by Crippen LogP contribution is 2.26. The molecule has 3 aromatic rings. The van der Waals surface area contributed by atoms with E-state index < -0.39 is 10.0 Å². The summed E-state index contributed by atoms with van der Waals surface area (Å²) in [5.74, 6) is 0.752. The van der Waals surface area contributed by atoms with Gasteiger partial charge in [0.05, 0.1) is 10.5 Å². The Morgan fingerprint density at radius 2 is 1.81 bits per heavy atom. The van der Waals surface area contributed by atoms with E-state index in [1.54, 1.807) is 42.7 Å². The summed E-state index contributed by atoms with van der Waals surface area (Å²) in [5, 5.41) is 10.4. The number of hydrogen-bond acceptors (Lipinski definition) is 6. The van der Waals surface area contributed by atoms with Crippen LogP contribution in [0.25, 0.3) is 10.8 Å². The van der Waals surface area contributed by atoms with E-state index >= 15 is 0 Å². The number of rotatable bonds is 3. The molecule has 27 heavy (non-hydrogen) atoms. The Bertz CT molecular complexity index is 1110. The van der Waals surface area contributed by atoms with E-state index in [1.165, 1.54) is 10.5 Å². The van der Waals surface area contributed by atoms with Crippen molar-refractivity contribution < 1.29 is 8.42 Å². The number of nitriles is 1. The van der Waals surface area contributed by atoms with Crippen LogP contribution >= 0.6 is 0 Å². The number of aromatic nitrogens is 2. The Hall–Kier alpha value is -3.02. The predicted molar refractivity (Wildman–Crippen MR) is 102 cm³/mol. The fourth-order valence-corrected chi connectivity index (χ4v) is 4.89. The number of piperazine rings is 1. The molecule has 8 heteroatoms. The van der Waals surface area contributed by atoms with Crippen molar-refractivity contribution in [2.45, 2.75) is 4.90 Å². The van der Waals surface area contributed by atoms with Crippen LogP contribution in [0, 0.1) is 11.3 Å². The monoisotopic (exact) mass is 379 g/mol. The third kappa shape index (κ3) is 3.23. The van der Waals surface area contributed by atoms with Crippen LogP contribution in [0.15, 0.2) is 59.9 Å². The van der Waals surface area contributed by atoms with Crippen LogP contribution in [0.5, 0.6) is 0 Å². The SMILES string of the molecule is N#Cc1ccc(N2CCN(S(=O)(=O)c3cccc4cnccc34)CC2)nc1. The highest BCUT2D eigenvalue weighted by atomic mass is 32.2. The molecule has 2 aromatic heterocycles. The van der Waals surface area contributed by atoms with E-state index in [0.29, 0.717) is 42.0 Å². The van der Waals surface area contributed by atoms with Gasteiger partial charge in [-0.25, -0.2) is 13.4 Å². The first-order chi connectivity index (χ1) is 13.1. The number of fused-ring (bicyclic) bond motifs is 1. The van der Waals surface area contributed by atoms with Gasteiger partial charge in [0.2, 0.25) is 10.0 Å². The standard InChI is InChI=1S/C19H17N5O2S/c20-12-15-4-5-19(22-13-15)23-8-10-24(11-9-23)27(25,26)18-3-1-2-16-14-21-7-6-17(16)18/h1-7,13-14H,8-11H2. The van der Waals surface area contributed by atoms with E-state index in [-0.39, 0.29) is 0 Å². The van der Waals surface area contributed by atoms with Gasteiger partial charge in [0.15, 0.2) is 0 Å². The van der Waals surface area contributed by atoms with Crippen molar-refractivity contribution in [2.24, 2.45) is 0 Å². The second kappa shape index (κ2) is 6.95. The van der Waals surface area contributed by atoms with E-state index in [9.17, 15) is 8.42 Å². The summed E-state index contributed by atoms with van der Waals surface area (Å²) < 4.78 is 27.8. The predicted octanol–water partition coefficient (Wildman–Crippen LogP) is 2.01. The van der Waals surface area contributed by atoms with Crippen LogP contribution in [0.2, 0.25) is 0 Å². The summed E-state index contributed by atoms with van der Waals surface area (Å²) in [4.78, 5) is 10.7. The summed E-state index contributed by atoms with van der Waals surface area (Å²) >= 11 is 0. The molecule has 0 atom stereocenters. The number of pyridine rings is 2. The van der Waals surface area contributed by atoms with Gasteiger partial charge in [-0.3, -0.25) is 4.98 Å². The zero-order chi connectivity index (χ0) is 18.9. The summed E-state index contributed by atoms with van der Waals surface area (Å²) in [6.07, 6.45) is 4.81. The van der Waals surface area contributed by atoms with Gasteiger partial charge < -0.3 is 4.90 Å². The first-order valence-electron chi connectivity index (χ1n) is 8.53. The lowest BCUT2D eigenvalue weighted by molar-refractivity contribution is 0.384. The summed E-state index contributed by atoms with van der Waals surface area (Å²) in [6, 6.07) is 12.5. The van der Waals surface area contributed by atoms with E-state index in [4.69, 9.17) is 5.26 Å². The maximum absolute atomic E-state index is 13.2. The minimum atomic E-state index is -3.59. The quantitative estimate of drug-likeness (QED) is 0.691. The minimum absolute atomic E-state index is 0.312. The molecule has 0 bridgehead atoms. The second-order valence-electron chi connectivity index (χ2n) is 6.26. The van der Waals surface area contributed by atoms with Crippen LogP contribution in [0.3, 0.4) is 0 Å².